The average Bonchev–Trinajstić information content (AvgIpc) is 2.78. The van der Waals surface area contributed by atoms with Gasteiger partial charge in [0.05, 0.1) is 10.6 Å². The lowest BCUT2D eigenvalue weighted by Crippen LogP contribution is -2.43. The molecule has 0 saturated carbocycles. The summed E-state index contributed by atoms with van der Waals surface area (Å²) in [6.07, 6.45) is 2.53. The summed E-state index contributed by atoms with van der Waals surface area (Å²) in [4.78, 5) is 29.0. The van der Waals surface area contributed by atoms with Gasteiger partial charge in [-0.25, -0.2) is 0 Å². The van der Waals surface area contributed by atoms with Crippen LogP contribution in [0.2, 0.25) is 5.02 Å². The van der Waals surface area contributed by atoms with Crippen LogP contribution >= 0.6 is 23.4 Å². The van der Waals surface area contributed by atoms with Gasteiger partial charge in [-0.3, -0.25) is 14.5 Å². The van der Waals surface area contributed by atoms with Gasteiger partial charge in [-0.05, 0) is 48.7 Å². The van der Waals surface area contributed by atoms with Crippen molar-refractivity contribution in [3.63, 3.8) is 0 Å². The van der Waals surface area contributed by atoms with E-state index in [1.54, 1.807) is 12.1 Å². The SMILES string of the molecule is Cc1cccc(CCNC(=O)CN2C(=O)C(=Cc3ccccc3Cl)Sc3ccccc32)c1. The number of carbonyl (C=O) groups is 2. The molecule has 0 bridgehead atoms. The number of carbonyl (C=O) groups excluding carboxylic acids is 2. The predicted octanol–water partition coefficient (Wildman–Crippen LogP) is 5.49. The Labute approximate surface area is 197 Å². The molecular weight excluding hydrogens is 440 g/mol. The maximum Gasteiger partial charge on any atom is 0.265 e. The summed E-state index contributed by atoms with van der Waals surface area (Å²) in [7, 11) is 0. The zero-order valence-corrected chi connectivity index (χ0v) is 19.2. The standard InChI is InChI=1S/C26H23ClN2O2S/c1-18-7-6-8-19(15-18)13-14-28-25(30)17-29-22-11-4-5-12-23(22)32-24(26(29)31)16-20-9-2-3-10-21(20)27/h2-12,15-16H,13-14,17H2,1H3,(H,28,30). The highest BCUT2D eigenvalue weighted by Gasteiger charge is 2.30. The number of nitrogens with one attached hydrogen (secondary N) is 1. The number of hydrogen-bond acceptors (Lipinski definition) is 3. The van der Waals surface area contributed by atoms with Crippen molar-refractivity contribution in [2.24, 2.45) is 0 Å². The first-order valence-corrected chi connectivity index (χ1v) is 11.6. The van der Waals surface area contributed by atoms with Crippen molar-refractivity contribution in [2.45, 2.75) is 18.2 Å². The number of hydrogen-bond donors (Lipinski definition) is 1. The maximum absolute atomic E-state index is 13.3. The number of rotatable bonds is 6. The molecule has 3 aromatic rings. The second-order valence-corrected chi connectivity index (χ2v) is 9.07. The first-order valence-electron chi connectivity index (χ1n) is 10.4. The van der Waals surface area contributed by atoms with Gasteiger partial charge in [-0.2, -0.15) is 0 Å². The third-order valence-electron chi connectivity index (χ3n) is 5.14. The van der Waals surface area contributed by atoms with Gasteiger partial charge in [0.1, 0.15) is 6.54 Å². The Kier molecular flexibility index (Phi) is 6.98. The summed E-state index contributed by atoms with van der Waals surface area (Å²) in [5.74, 6) is -0.396. The lowest BCUT2D eigenvalue weighted by Gasteiger charge is -2.29. The summed E-state index contributed by atoms with van der Waals surface area (Å²) >= 11 is 7.68. The minimum Gasteiger partial charge on any atom is -0.354 e. The molecule has 6 heteroatoms. The fourth-order valence-corrected chi connectivity index (χ4v) is 4.81. The molecule has 32 heavy (non-hydrogen) atoms. The Morgan fingerprint density at radius 2 is 1.84 bits per heavy atom. The smallest absolute Gasteiger partial charge is 0.265 e. The average molecular weight is 463 g/mol. The molecule has 1 aliphatic rings. The molecule has 0 aromatic heterocycles. The normalized spacial score (nSPS) is 14.4. The molecule has 1 N–H and O–H groups in total. The van der Waals surface area contributed by atoms with E-state index in [0.717, 1.165) is 22.6 Å². The van der Waals surface area contributed by atoms with Crippen molar-refractivity contribution >= 4 is 46.9 Å². The molecule has 0 atom stereocenters. The molecular formula is C26H23ClN2O2S. The van der Waals surface area contributed by atoms with Crippen LogP contribution in [-0.4, -0.2) is 24.9 Å². The van der Waals surface area contributed by atoms with E-state index >= 15 is 0 Å². The molecule has 0 spiro atoms. The Bertz CT molecular complexity index is 1190. The molecule has 0 fully saturated rings. The Morgan fingerprint density at radius 1 is 1.06 bits per heavy atom. The van der Waals surface area contributed by atoms with Crippen molar-refractivity contribution in [3.05, 3.63) is 99.4 Å². The number of benzene rings is 3. The van der Waals surface area contributed by atoms with Gasteiger partial charge < -0.3 is 5.32 Å². The fraction of sp³-hybridized carbons (Fsp3) is 0.154. The van der Waals surface area contributed by atoms with Crippen molar-refractivity contribution in [1.82, 2.24) is 5.32 Å². The summed E-state index contributed by atoms with van der Waals surface area (Å²) < 4.78 is 0. The van der Waals surface area contributed by atoms with Crippen LogP contribution in [0, 0.1) is 6.92 Å². The largest absolute Gasteiger partial charge is 0.354 e. The second kappa shape index (κ2) is 10.1. The lowest BCUT2D eigenvalue weighted by molar-refractivity contribution is -0.122. The highest BCUT2D eigenvalue weighted by atomic mass is 35.5. The molecule has 4 rings (SSSR count). The van der Waals surface area contributed by atoms with Gasteiger partial charge in [0.2, 0.25) is 5.91 Å². The third-order valence-corrected chi connectivity index (χ3v) is 6.57. The first kappa shape index (κ1) is 22.2. The summed E-state index contributed by atoms with van der Waals surface area (Å²) in [6.45, 7) is 2.53. The first-order chi connectivity index (χ1) is 15.5. The van der Waals surface area contributed by atoms with Gasteiger partial charge >= 0.3 is 0 Å². The number of thioether (sulfide) groups is 1. The predicted molar refractivity (Wildman–Crippen MR) is 132 cm³/mol. The number of amides is 2. The number of anilines is 1. The monoisotopic (exact) mass is 462 g/mol. The molecule has 2 amide bonds. The van der Waals surface area contributed by atoms with E-state index in [1.807, 2.05) is 67.6 Å². The Morgan fingerprint density at radius 3 is 2.66 bits per heavy atom. The molecule has 3 aromatic carbocycles. The van der Waals surface area contributed by atoms with Gasteiger partial charge in [0, 0.05) is 16.5 Å². The number of aryl methyl sites for hydroxylation is 1. The molecule has 0 aliphatic carbocycles. The Hall–Kier alpha value is -3.02. The fourth-order valence-electron chi connectivity index (χ4n) is 3.57. The Balaban J connectivity index is 1.49. The van der Waals surface area contributed by atoms with E-state index < -0.39 is 0 Å². The molecule has 1 aliphatic heterocycles. The summed E-state index contributed by atoms with van der Waals surface area (Å²) in [6, 6.07) is 23.2. The van der Waals surface area contributed by atoms with E-state index in [-0.39, 0.29) is 18.4 Å². The van der Waals surface area contributed by atoms with Crippen LogP contribution in [0.15, 0.2) is 82.6 Å². The van der Waals surface area contributed by atoms with Crippen LogP contribution in [0.4, 0.5) is 5.69 Å². The van der Waals surface area contributed by atoms with Gasteiger partial charge in [-0.15, -0.1) is 0 Å². The zero-order valence-electron chi connectivity index (χ0n) is 17.7. The highest BCUT2D eigenvalue weighted by Crippen LogP contribution is 2.42. The third kappa shape index (κ3) is 5.23. The number of nitrogens with zero attached hydrogens (tertiary/aromatic N) is 1. The maximum atomic E-state index is 13.3. The van der Waals surface area contributed by atoms with Crippen molar-refractivity contribution in [3.8, 4) is 0 Å². The molecule has 1 heterocycles. The molecule has 162 valence electrons. The van der Waals surface area contributed by atoms with E-state index in [1.165, 1.54) is 27.8 Å². The van der Waals surface area contributed by atoms with E-state index in [4.69, 9.17) is 11.6 Å². The van der Waals surface area contributed by atoms with Gasteiger partial charge in [0.15, 0.2) is 0 Å². The van der Waals surface area contributed by atoms with Crippen LogP contribution < -0.4 is 10.2 Å². The zero-order chi connectivity index (χ0) is 22.5. The van der Waals surface area contributed by atoms with Crippen LogP contribution in [0.3, 0.4) is 0 Å². The van der Waals surface area contributed by atoms with Crippen molar-refractivity contribution in [2.75, 3.05) is 18.0 Å². The quantitative estimate of drug-likeness (QED) is 0.493. The number of fused-ring (bicyclic) bond motifs is 1. The van der Waals surface area contributed by atoms with Crippen molar-refractivity contribution < 1.29 is 9.59 Å². The molecule has 0 radical (unpaired) electrons. The van der Waals surface area contributed by atoms with Crippen LogP contribution in [0.25, 0.3) is 6.08 Å². The number of para-hydroxylation sites is 1. The van der Waals surface area contributed by atoms with Gasteiger partial charge in [0.25, 0.3) is 5.91 Å². The highest BCUT2D eigenvalue weighted by molar-refractivity contribution is 8.04. The van der Waals surface area contributed by atoms with Gasteiger partial charge in [-0.1, -0.05) is 83.5 Å². The molecule has 4 nitrogen and oxygen atoms in total. The molecule has 0 unspecified atom stereocenters. The second-order valence-electron chi connectivity index (χ2n) is 7.58. The lowest BCUT2D eigenvalue weighted by atomic mass is 10.1. The van der Waals surface area contributed by atoms with Crippen LogP contribution in [0.1, 0.15) is 16.7 Å². The van der Waals surface area contributed by atoms with Crippen LogP contribution in [0.5, 0.6) is 0 Å². The summed E-state index contributed by atoms with van der Waals surface area (Å²) in [5.41, 5.74) is 3.88. The van der Waals surface area contributed by atoms with Crippen molar-refractivity contribution in [1.29, 1.82) is 0 Å². The van der Waals surface area contributed by atoms with E-state index in [9.17, 15) is 9.59 Å². The molecule has 0 saturated heterocycles. The number of halogens is 1. The summed E-state index contributed by atoms with van der Waals surface area (Å²) in [5, 5.41) is 3.52. The van der Waals surface area contributed by atoms with Crippen LogP contribution in [-0.2, 0) is 16.0 Å². The van der Waals surface area contributed by atoms with E-state index in [2.05, 4.69) is 11.4 Å². The van der Waals surface area contributed by atoms with E-state index in [0.29, 0.717) is 16.5 Å². The topological polar surface area (TPSA) is 49.4 Å². The minimum atomic E-state index is -0.206. The minimum absolute atomic E-state index is 0.0376.